The second-order valence-electron chi connectivity index (χ2n) is 3.24. The summed E-state index contributed by atoms with van der Waals surface area (Å²) in [5, 5.41) is 8.86. The van der Waals surface area contributed by atoms with Gasteiger partial charge < -0.3 is 19.0 Å². The summed E-state index contributed by atoms with van der Waals surface area (Å²) in [5.41, 5.74) is 5.41. The van der Waals surface area contributed by atoms with E-state index in [-0.39, 0.29) is 5.92 Å². The highest BCUT2D eigenvalue weighted by molar-refractivity contribution is 6.60. The van der Waals surface area contributed by atoms with Crippen LogP contribution in [0, 0.1) is 17.2 Å². The molecule has 0 aromatic heterocycles. The van der Waals surface area contributed by atoms with Gasteiger partial charge in [-0.25, -0.2) is 0 Å². The van der Waals surface area contributed by atoms with Gasteiger partial charge in [0.1, 0.15) is 0 Å². The lowest BCUT2D eigenvalue weighted by atomic mass is 10.1. The predicted octanol–water partition coefficient (Wildman–Crippen LogP) is 0.743. The smallest absolute Gasteiger partial charge is 0.377 e. The molecule has 0 bridgehead atoms. The van der Waals surface area contributed by atoms with E-state index >= 15 is 0 Å². The minimum absolute atomic E-state index is 0.0395. The number of nitriles is 1. The Bertz CT molecular complexity index is 196. The van der Waals surface area contributed by atoms with Gasteiger partial charge in [0.25, 0.3) is 0 Å². The molecule has 1 atom stereocenters. The lowest BCUT2D eigenvalue weighted by Gasteiger charge is -2.24. The van der Waals surface area contributed by atoms with Crippen LogP contribution >= 0.6 is 0 Å². The molecule has 0 aliphatic heterocycles. The number of rotatable bonds is 8. The molecule has 0 aromatic rings. The number of hydrogen-bond acceptors (Lipinski definition) is 5. The molecule has 0 radical (unpaired) electrons. The van der Waals surface area contributed by atoms with E-state index in [2.05, 4.69) is 6.07 Å². The Balaban J connectivity index is 4.14. The van der Waals surface area contributed by atoms with Gasteiger partial charge in [-0.2, -0.15) is 5.26 Å². The van der Waals surface area contributed by atoms with Crippen LogP contribution in [0.3, 0.4) is 0 Å². The van der Waals surface area contributed by atoms with E-state index in [1.807, 2.05) is 0 Å². The molecular weight excluding hydrogens is 212 g/mol. The molecule has 0 aliphatic rings. The van der Waals surface area contributed by atoms with Crippen molar-refractivity contribution in [1.82, 2.24) is 0 Å². The highest BCUT2D eigenvalue weighted by Crippen LogP contribution is 2.20. The first-order chi connectivity index (χ1) is 7.17. The molecule has 0 heterocycles. The van der Waals surface area contributed by atoms with Gasteiger partial charge in [0, 0.05) is 33.3 Å². The van der Waals surface area contributed by atoms with E-state index < -0.39 is 8.80 Å². The minimum atomic E-state index is -2.52. The molecule has 0 saturated carbocycles. The van der Waals surface area contributed by atoms with Crippen molar-refractivity contribution < 1.29 is 13.3 Å². The van der Waals surface area contributed by atoms with Gasteiger partial charge in [-0.15, -0.1) is 0 Å². The predicted molar refractivity (Wildman–Crippen MR) is 59.0 cm³/mol. The molecule has 5 nitrogen and oxygen atoms in total. The summed E-state index contributed by atoms with van der Waals surface area (Å²) < 4.78 is 15.8. The van der Waals surface area contributed by atoms with Gasteiger partial charge in [0.2, 0.25) is 0 Å². The first-order valence-corrected chi connectivity index (χ1v) is 6.86. The molecule has 0 rings (SSSR count). The summed E-state index contributed by atoms with van der Waals surface area (Å²) in [6, 6.07) is 2.87. The number of nitrogens with zero attached hydrogens (tertiary/aromatic N) is 1. The van der Waals surface area contributed by atoms with E-state index in [1.54, 1.807) is 21.3 Å². The Kier molecular flexibility index (Phi) is 7.55. The van der Waals surface area contributed by atoms with Crippen LogP contribution in [-0.4, -0.2) is 36.7 Å². The lowest BCUT2D eigenvalue weighted by molar-refractivity contribution is 0.122. The fourth-order valence-corrected chi connectivity index (χ4v) is 3.20. The average Bonchev–Trinajstić information content (AvgIpc) is 2.30. The van der Waals surface area contributed by atoms with Crippen molar-refractivity contribution in [3.05, 3.63) is 0 Å². The summed E-state index contributed by atoms with van der Waals surface area (Å²) in [4.78, 5) is 0. The van der Waals surface area contributed by atoms with Gasteiger partial charge in [-0.3, -0.25) is 0 Å². The van der Waals surface area contributed by atoms with Crippen LogP contribution in [0.15, 0.2) is 0 Å². The molecule has 0 saturated heterocycles. The molecule has 0 fully saturated rings. The van der Waals surface area contributed by atoms with Gasteiger partial charge in [-0.05, 0) is 19.4 Å². The maximum absolute atomic E-state index is 8.86. The maximum atomic E-state index is 8.86. The van der Waals surface area contributed by atoms with Crippen LogP contribution < -0.4 is 5.73 Å². The van der Waals surface area contributed by atoms with Crippen molar-refractivity contribution in [2.24, 2.45) is 11.7 Å². The third-order valence-electron chi connectivity index (χ3n) is 2.43. The molecule has 15 heavy (non-hydrogen) atoms. The van der Waals surface area contributed by atoms with Crippen molar-refractivity contribution >= 4 is 8.80 Å². The SMILES string of the molecule is CO[Si](CCC(C#N)CCN)(OC)OC. The number of hydrogen-bond donors (Lipinski definition) is 1. The third-order valence-corrected chi connectivity index (χ3v) is 5.20. The van der Waals surface area contributed by atoms with E-state index in [9.17, 15) is 0 Å². The zero-order valence-electron chi connectivity index (χ0n) is 9.66. The quantitative estimate of drug-likeness (QED) is 0.625. The van der Waals surface area contributed by atoms with E-state index in [1.165, 1.54) is 0 Å². The van der Waals surface area contributed by atoms with Crippen molar-refractivity contribution in [2.75, 3.05) is 27.9 Å². The molecule has 0 aliphatic carbocycles. The van der Waals surface area contributed by atoms with Crippen LogP contribution in [-0.2, 0) is 13.3 Å². The zero-order chi connectivity index (χ0) is 11.7. The second kappa shape index (κ2) is 7.79. The first kappa shape index (κ1) is 14.5. The Labute approximate surface area is 92.5 Å². The molecule has 0 spiro atoms. The summed E-state index contributed by atoms with van der Waals surface area (Å²) in [6.45, 7) is 0.528. The fraction of sp³-hybridized carbons (Fsp3) is 0.889. The fourth-order valence-electron chi connectivity index (χ4n) is 1.38. The van der Waals surface area contributed by atoms with E-state index in [0.29, 0.717) is 25.4 Å². The van der Waals surface area contributed by atoms with Crippen molar-refractivity contribution in [3.63, 3.8) is 0 Å². The first-order valence-electron chi connectivity index (χ1n) is 4.93. The molecule has 88 valence electrons. The van der Waals surface area contributed by atoms with E-state index in [4.69, 9.17) is 24.3 Å². The van der Waals surface area contributed by atoms with Crippen LogP contribution in [0.4, 0.5) is 0 Å². The topological polar surface area (TPSA) is 77.5 Å². The van der Waals surface area contributed by atoms with E-state index in [0.717, 1.165) is 0 Å². The largest absolute Gasteiger partial charge is 0.500 e. The summed E-state index contributed by atoms with van der Waals surface area (Å²) in [6.07, 6.45) is 1.41. The van der Waals surface area contributed by atoms with Crippen LogP contribution in [0.25, 0.3) is 0 Å². The van der Waals surface area contributed by atoms with Gasteiger partial charge in [-0.1, -0.05) is 0 Å². The molecule has 2 N–H and O–H groups in total. The zero-order valence-corrected chi connectivity index (χ0v) is 10.7. The standard InChI is InChI=1S/C9H20N2O3Si/c1-12-15(13-2,14-3)7-5-9(8-11)4-6-10/h9H,4-7,10H2,1-3H3. The van der Waals surface area contributed by atoms with Gasteiger partial charge >= 0.3 is 8.80 Å². The summed E-state index contributed by atoms with van der Waals surface area (Å²) in [5.74, 6) is -0.0395. The van der Waals surface area contributed by atoms with Crippen molar-refractivity contribution in [3.8, 4) is 6.07 Å². The molecule has 0 amide bonds. The van der Waals surface area contributed by atoms with Crippen LogP contribution in [0.5, 0.6) is 0 Å². The molecule has 1 unspecified atom stereocenters. The monoisotopic (exact) mass is 232 g/mol. The maximum Gasteiger partial charge on any atom is 0.500 e. The Morgan fingerprint density at radius 2 is 1.73 bits per heavy atom. The van der Waals surface area contributed by atoms with Crippen molar-refractivity contribution in [1.29, 1.82) is 5.26 Å². The Hall–Kier alpha value is -0.453. The molecule has 0 aromatic carbocycles. The van der Waals surface area contributed by atoms with Gasteiger partial charge in [0.05, 0.1) is 6.07 Å². The highest BCUT2D eigenvalue weighted by atomic mass is 28.4. The number of nitrogens with two attached hydrogens (primary N) is 1. The Morgan fingerprint density at radius 1 is 1.20 bits per heavy atom. The van der Waals surface area contributed by atoms with Crippen molar-refractivity contribution in [2.45, 2.75) is 18.9 Å². The molecular formula is C9H20N2O3Si. The molecule has 6 heteroatoms. The highest BCUT2D eigenvalue weighted by Gasteiger charge is 2.37. The summed E-state index contributed by atoms with van der Waals surface area (Å²) >= 11 is 0. The lowest BCUT2D eigenvalue weighted by Crippen LogP contribution is -2.43. The minimum Gasteiger partial charge on any atom is -0.377 e. The normalized spacial score (nSPS) is 13.5. The summed E-state index contributed by atoms with van der Waals surface area (Å²) in [7, 11) is 2.20. The third kappa shape index (κ3) is 4.73. The van der Waals surface area contributed by atoms with Crippen LogP contribution in [0.1, 0.15) is 12.8 Å². The average molecular weight is 232 g/mol. The van der Waals surface area contributed by atoms with Gasteiger partial charge in [0.15, 0.2) is 0 Å². The van der Waals surface area contributed by atoms with Crippen LogP contribution in [0.2, 0.25) is 6.04 Å². The Morgan fingerprint density at radius 3 is 2.07 bits per heavy atom. The second-order valence-corrected chi connectivity index (χ2v) is 6.33.